The molecule has 19 heavy (non-hydrogen) atoms. The molecule has 8 heteroatoms. The SMILES string of the molecule is OB(O)Oc1ccc2c(OC(F)(F)F)cccc2c1. The Bertz CT molecular complexity index is 586. The first-order valence-corrected chi connectivity index (χ1v) is 5.16. The molecule has 0 aliphatic heterocycles. The topological polar surface area (TPSA) is 58.9 Å². The van der Waals surface area contributed by atoms with Crippen LogP contribution >= 0.6 is 0 Å². The van der Waals surface area contributed by atoms with Gasteiger partial charge < -0.3 is 19.4 Å². The van der Waals surface area contributed by atoms with Gasteiger partial charge in [0.15, 0.2) is 0 Å². The van der Waals surface area contributed by atoms with Crippen molar-refractivity contribution in [3.8, 4) is 11.5 Å². The third-order valence-corrected chi connectivity index (χ3v) is 2.28. The van der Waals surface area contributed by atoms with Crippen LogP contribution in [0.4, 0.5) is 13.2 Å². The second kappa shape index (κ2) is 4.98. The molecular weight excluding hydrogens is 264 g/mol. The van der Waals surface area contributed by atoms with Gasteiger partial charge in [0, 0.05) is 5.39 Å². The van der Waals surface area contributed by atoms with Crippen molar-refractivity contribution < 1.29 is 32.6 Å². The van der Waals surface area contributed by atoms with Crippen LogP contribution in [0.15, 0.2) is 36.4 Å². The highest BCUT2D eigenvalue weighted by Gasteiger charge is 2.31. The van der Waals surface area contributed by atoms with Crippen LogP contribution < -0.4 is 9.39 Å². The molecule has 2 N–H and O–H groups in total. The van der Waals surface area contributed by atoms with Gasteiger partial charge in [0.1, 0.15) is 11.5 Å². The van der Waals surface area contributed by atoms with Gasteiger partial charge in [-0.1, -0.05) is 12.1 Å². The summed E-state index contributed by atoms with van der Waals surface area (Å²) in [4.78, 5) is 0. The molecule has 0 radical (unpaired) electrons. The molecule has 0 aromatic heterocycles. The fourth-order valence-corrected chi connectivity index (χ4v) is 1.64. The Morgan fingerprint density at radius 3 is 2.42 bits per heavy atom. The van der Waals surface area contributed by atoms with Gasteiger partial charge in [0.05, 0.1) is 0 Å². The zero-order valence-electron chi connectivity index (χ0n) is 9.39. The summed E-state index contributed by atoms with van der Waals surface area (Å²) in [6.07, 6.45) is -4.77. The van der Waals surface area contributed by atoms with Gasteiger partial charge in [-0.25, -0.2) is 0 Å². The highest BCUT2D eigenvalue weighted by Crippen LogP contribution is 2.32. The van der Waals surface area contributed by atoms with E-state index < -0.39 is 13.7 Å². The first kappa shape index (κ1) is 13.5. The van der Waals surface area contributed by atoms with Crippen molar-refractivity contribution in [2.45, 2.75) is 6.36 Å². The number of benzene rings is 2. The molecular formula is C11H8BF3O4. The molecule has 0 spiro atoms. The van der Waals surface area contributed by atoms with Crippen molar-refractivity contribution in [2.24, 2.45) is 0 Å². The molecule has 0 saturated heterocycles. The van der Waals surface area contributed by atoms with Gasteiger partial charge in [-0.05, 0) is 29.7 Å². The number of hydrogen-bond donors (Lipinski definition) is 2. The number of ether oxygens (including phenoxy) is 1. The number of hydrogen-bond acceptors (Lipinski definition) is 4. The minimum atomic E-state index is -4.77. The number of alkyl halides is 3. The average molecular weight is 272 g/mol. The molecule has 0 aliphatic rings. The van der Waals surface area contributed by atoms with Crippen molar-refractivity contribution in [2.75, 3.05) is 0 Å². The molecule has 2 aromatic carbocycles. The van der Waals surface area contributed by atoms with Gasteiger partial charge in [0.25, 0.3) is 0 Å². The summed E-state index contributed by atoms with van der Waals surface area (Å²) in [5, 5.41) is 17.9. The molecule has 0 heterocycles. The predicted octanol–water partition coefficient (Wildman–Crippen LogP) is 2.09. The van der Waals surface area contributed by atoms with E-state index in [9.17, 15) is 13.2 Å². The largest absolute Gasteiger partial charge is 0.707 e. The molecule has 0 atom stereocenters. The minimum Gasteiger partial charge on any atom is -0.512 e. The number of rotatable bonds is 3. The normalized spacial score (nSPS) is 11.4. The van der Waals surface area contributed by atoms with Crippen LogP contribution in [-0.4, -0.2) is 23.7 Å². The standard InChI is InChI=1S/C11H8BF3O4/c13-11(14,15)18-10-3-1-2-7-6-8(19-12(16)17)4-5-9(7)10/h1-6,16-17H. The monoisotopic (exact) mass is 272 g/mol. The summed E-state index contributed by atoms with van der Waals surface area (Å²) in [7, 11) is -1.99. The van der Waals surface area contributed by atoms with Gasteiger partial charge in [-0.2, -0.15) is 0 Å². The Balaban J connectivity index is 2.41. The van der Waals surface area contributed by atoms with Crippen molar-refractivity contribution in [3.63, 3.8) is 0 Å². The molecule has 2 aromatic rings. The van der Waals surface area contributed by atoms with Gasteiger partial charge in [-0.15, -0.1) is 13.2 Å². The lowest BCUT2D eigenvalue weighted by atomic mass is 10.1. The van der Waals surface area contributed by atoms with E-state index in [4.69, 9.17) is 10.0 Å². The lowest BCUT2D eigenvalue weighted by molar-refractivity contribution is -0.274. The van der Waals surface area contributed by atoms with E-state index in [-0.39, 0.29) is 16.9 Å². The van der Waals surface area contributed by atoms with E-state index in [1.807, 2.05) is 0 Å². The van der Waals surface area contributed by atoms with Crippen LogP contribution in [0.3, 0.4) is 0 Å². The first-order valence-electron chi connectivity index (χ1n) is 5.16. The van der Waals surface area contributed by atoms with Crippen molar-refractivity contribution in [1.82, 2.24) is 0 Å². The van der Waals surface area contributed by atoms with E-state index in [0.717, 1.165) is 0 Å². The van der Waals surface area contributed by atoms with Gasteiger partial charge in [0.2, 0.25) is 0 Å². The first-order chi connectivity index (χ1) is 8.85. The lowest BCUT2D eigenvalue weighted by Crippen LogP contribution is -2.20. The molecule has 0 unspecified atom stereocenters. The minimum absolute atomic E-state index is 0.117. The summed E-state index contributed by atoms with van der Waals surface area (Å²) in [5.74, 6) is -0.215. The van der Waals surface area contributed by atoms with Crippen molar-refractivity contribution in [1.29, 1.82) is 0 Å². The molecule has 0 amide bonds. The second-order valence-corrected chi connectivity index (χ2v) is 3.63. The van der Waals surface area contributed by atoms with Crippen LogP contribution in [0.1, 0.15) is 0 Å². The maximum atomic E-state index is 12.2. The lowest BCUT2D eigenvalue weighted by Gasteiger charge is -2.12. The maximum absolute atomic E-state index is 12.2. The summed E-state index contributed by atoms with van der Waals surface area (Å²) < 4.78 is 45.1. The third-order valence-electron chi connectivity index (χ3n) is 2.28. The zero-order valence-corrected chi connectivity index (χ0v) is 9.39. The predicted molar refractivity (Wildman–Crippen MR) is 61.5 cm³/mol. The Morgan fingerprint density at radius 1 is 1.05 bits per heavy atom. The summed E-state index contributed by atoms with van der Waals surface area (Å²) in [6, 6.07) is 8.16. The fraction of sp³-hybridized carbons (Fsp3) is 0.0909. The maximum Gasteiger partial charge on any atom is 0.707 e. The van der Waals surface area contributed by atoms with Crippen LogP contribution in [-0.2, 0) is 0 Å². The molecule has 0 fully saturated rings. The van der Waals surface area contributed by atoms with Crippen LogP contribution in [0.5, 0.6) is 11.5 Å². The smallest absolute Gasteiger partial charge is 0.512 e. The van der Waals surface area contributed by atoms with E-state index in [2.05, 4.69) is 9.39 Å². The number of halogens is 3. The summed E-state index contributed by atoms with van der Waals surface area (Å²) in [5.41, 5.74) is 0. The molecule has 0 bridgehead atoms. The van der Waals surface area contributed by atoms with Gasteiger partial charge in [-0.3, -0.25) is 0 Å². The molecule has 100 valence electrons. The van der Waals surface area contributed by atoms with Gasteiger partial charge >= 0.3 is 13.7 Å². The highest BCUT2D eigenvalue weighted by atomic mass is 19.4. The summed E-state index contributed by atoms with van der Waals surface area (Å²) >= 11 is 0. The average Bonchev–Trinajstić information content (AvgIpc) is 2.26. The Labute approximate surface area is 106 Å². The molecule has 0 aliphatic carbocycles. The van der Waals surface area contributed by atoms with Crippen LogP contribution in [0.2, 0.25) is 0 Å². The molecule has 2 rings (SSSR count). The van der Waals surface area contributed by atoms with E-state index in [1.165, 1.54) is 30.3 Å². The highest BCUT2D eigenvalue weighted by molar-refractivity contribution is 6.33. The third kappa shape index (κ3) is 3.52. The fourth-order valence-electron chi connectivity index (χ4n) is 1.64. The van der Waals surface area contributed by atoms with Crippen molar-refractivity contribution in [3.05, 3.63) is 36.4 Å². The quantitative estimate of drug-likeness (QED) is 0.840. The van der Waals surface area contributed by atoms with E-state index >= 15 is 0 Å². The van der Waals surface area contributed by atoms with Crippen LogP contribution in [0, 0.1) is 0 Å². The van der Waals surface area contributed by atoms with Crippen LogP contribution in [0.25, 0.3) is 10.8 Å². The van der Waals surface area contributed by atoms with E-state index in [0.29, 0.717) is 5.39 Å². The second-order valence-electron chi connectivity index (χ2n) is 3.63. The zero-order chi connectivity index (χ0) is 14.0. The van der Waals surface area contributed by atoms with Crippen molar-refractivity contribution >= 4 is 18.1 Å². The molecule has 0 saturated carbocycles. The Kier molecular flexibility index (Phi) is 3.54. The van der Waals surface area contributed by atoms with E-state index in [1.54, 1.807) is 6.07 Å². The summed E-state index contributed by atoms with van der Waals surface area (Å²) in [6.45, 7) is 0. The molecule has 4 nitrogen and oxygen atoms in total. The Hall–Kier alpha value is -1.93. The number of fused-ring (bicyclic) bond motifs is 1. The Morgan fingerprint density at radius 2 is 1.79 bits per heavy atom.